The van der Waals surface area contributed by atoms with Gasteiger partial charge in [0.25, 0.3) is 5.91 Å². The Kier molecular flexibility index (Phi) is 4.35. The minimum atomic E-state index is -0.314. The van der Waals surface area contributed by atoms with E-state index in [0.29, 0.717) is 11.5 Å². The number of halogens is 2. The lowest BCUT2D eigenvalue weighted by molar-refractivity contribution is 0.102. The van der Waals surface area contributed by atoms with Gasteiger partial charge in [-0.15, -0.1) is 5.10 Å². The van der Waals surface area contributed by atoms with Gasteiger partial charge in [-0.25, -0.2) is 0 Å². The standard InChI is InChI=1S/C15H9Br2N3O2/c16-11-5-1-3-9(7-11)13(21)18-15-20-19-14(22-15)10-4-2-6-12(17)8-10/h1-8H,(H,18,20,21). The summed E-state index contributed by atoms with van der Waals surface area (Å²) in [6.45, 7) is 0. The molecule has 1 heterocycles. The van der Waals surface area contributed by atoms with Crippen molar-refractivity contribution >= 4 is 43.8 Å². The highest BCUT2D eigenvalue weighted by molar-refractivity contribution is 9.10. The van der Waals surface area contributed by atoms with Crippen molar-refractivity contribution in [3.63, 3.8) is 0 Å². The fourth-order valence-corrected chi connectivity index (χ4v) is 2.61. The van der Waals surface area contributed by atoms with E-state index in [1.165, 1.54) is 0 Å². The molecule has 0 spiro atoms. The van der Waals surface area contributed by atoms with Crippen LogP contribution in [0.1, 0.15) is 10.4 Å². The number of rotatable bonds is 3. The van der Waals surface area contributed by atoms with Gasteiger partial charge < -0.3 is 4.42 Å². The van der Waals surface area contributed by atoms with Crippen molar-refractivity contribution in [2.45, 2.75) is 0 Å². The lowest BCUT2D eigenvalue weighted by atomic mass is 10.2. The van der Waals surface area contributed by atoms with Crippen molar-refractivity contribution in [3.05, 3.63) is 63.0 Å². The average Bonchev–Trinajstić information content (AvgIpc) is 2.96. The van der Waals surface area contributed by atoms with E-state index in [1.807, 2.05) is 30.3 Å². The monoisotopic (exact) mass is 421 g/mol. The Balaban J connectivity index is 1.78. The zero-order valence-corrected chi connectivity index (χ0v) is 14.3. The van der Waals surface area contributed by atoms with Crippen LogP contribution in [0.3, 0.4) is 0 Å². The van der Waals surface area contributed by atoms with Crippen LogP contribution in [0.4, 0.5) is 6.01 Å². The Morgan fingerprint density at radius 2 is 1.73 bits per heavy atom. The van der Waals surface area contributed by atoms with Crippen molar-refractivity contribution in [2.24, 2.45) is 0 Å². The molecule has 0 bridgehead atoms. The maximum absolute atomic E-state index is 12.1. The molecule has 0 atom stereocenters. The summed E-state index contributed by atoms with van der Waals surface area (Å²) in [4.78, 5) is 12.1. The van der Waals surface area contributed by atoms with Gasteiger partial charge in [-0.05, 0) is 36.4 Å². The van der Waals surface area contributed by atoms with Crippen LogP contribution in [-0.4, -0.2) is 16.1 Å². The Labute approximate surface area is 143 Å². The molecule has 0 fully saturated rings. The smallest absolute Gasteiger partial charge is 0.322 e. The van der Waals surface area contributed by atoms with Crippen LogP contribution in [0, 0.1) is 0 Å². The summed E-state index contributed by atoms with van der Waals surface area (Å²) in [5.74, 6) is 0.0246. The Morgan fingerprint density at radius 3 is 2.45 bits per heavy atom. The minimum absolute atomic E-state index is 0.0555. The van der Waals surface area contributed by atoms with Crippen LogP contribution in [0.15, 0.2) is 61.9 Å². The number of aromatic nitrogens is 2. The third-order valence-electron chi connectivity index (χ3n) is 2.80. The van der Waals surface area contributed by atoms with E-state index in [-0.39, 0.29) is 11.9 Å². The fourth-order valence-electron chi connectivity index (χ4n) is 1.81. The fraction of sp³-hybridized carbons (Fsp3) is 0. The predicted octanol–water partition coefficient (Wildman–Crippen LogP) is 4.51. The van der Waals surface area contributed by atoms with Crippen LogP contribution in [0.5, 0.6) is 0 Å². The van der Waals surface area contributed by atoms with E-state index >= 15 is 0 Å². The molecule has 1 N–H and O–H groups in total. The summed E-state index contributed by atoms with van der Waals surface area (Å²) in [6.07, 6.45) is 0. The summed E-state index contributed by atoms with van der Waals surface area (Å²) in [7, 11) is 0. The van der Waals surface area contributed by atoms with E-state index in [1.54, 1.807) is 18.2 Å². The highest BCUT2D eigenvalue weighted by Crippen LogP contribution is 2.23. The van der Waals surface area contributed by atoms with Crippen molar-refractivity contribution in [1.29, 1.82) is 0 Å². The molecule has 5 nitrogen and oxygen atoms in total. The molecule has 0 saturated heterocycles. The van der Waals surface area contributed by atoms with Gasteiger partial charge in [-0.2, -0.15) is 0 Å². The predicted molar refractivity (Wildman–Crippen MR) is 89.5 cm³/mol. The second-order valence-corrected chi connectivity index (χ2v) is 6.22. The van der Waals surface area contributed by atoms with Gasteiger partial charge in [-0.1, -0.05) is 49.1 Å². The summed E-state index contributed by atoms with van der Waals surface area (Å²) in [6, 6.07) is 14.5. The van der Waals surface area contributed by atoms with Crippen LogP contribution < -0.4 is 5.32 Å². The third kappa shape index (κ3) is 3.42. The maximum atomic E-state index is 12.1. The van der Waals surface area contributed by atoms with Crippen molar-refractivity contribution in [1.82, 2.24) is 10.2 Å². The van der Waals surface area contributed by atoms with Gasteiger partial charge in [0.15, 0.2) is 0 Å². The molecule has 0 aliphatic carbocycles. The van der Waals surface area contributed by atoms with Crippen molar-refractivity contribution < 1.29 is 9.21 Å². The normalized spacial score (nSPS) is 10.5. The summed E-state index contributed by atoms with van der Waals surface area (Å²) in [5.41, 5.74) is 1.27. The van der Waals surface area contributed by atoms with Crippen molar-refractivity contribution in [3.8, 4) is 11.5 Å². The number of amides is 1. The molecular formula is C15H9Br2N3O2. The van der Waals surface area contributed by atoms with E-state index in [4.69, 9.17) is 4.42 Å². The second-order valence-electron chi connectivity index (χ2n) is 4.39. The second kappa shape index (κ2) is 6.41. The van der Waals surface area contributed by atoms with E-state index < -0.39 is 0 Å². The molecule has 0 aliphatic rings. The molecule has 0 radical (unpaired) electrons. The van der Waals surface area contributed by atoms with Crippen LogP contribution in [0.2, 0.25) is 0 Å². The number of hydrogen-bond donors (Lipinski definition) is 1. The molecule has 22 heavy (non-hydrogen) atoms. The topological polar surface area (TPSA) is 68.0 Å². The zero-order chi connectivity index (χ0) is 15.5. The molecule has 2 aromatic carbocycles. The first-order chi connectivity index (χ1) is 10.6. The third-order valence-corrected chi connectivity index (χ3v) is 3.79. The first-order valence-corrected chi connectivity index (χ1v) is 7.87. The molecule has 110 valence electrons. The van der Waals surface area contributed by atoms with E-state index in [0.717, 1.165) is 14.5 Å². The van der Waals surface area contributed by atoms with E-state index in [9.17, 15) is 4.79 Å². The van der Waals surface area contributed by atoms with Crippen molar-refractivity contribution in [2.75, 3.05) is 5.32 Å². The van der Waals surface area contributed by atoms with Gasteiger partial charge >= 0.3 is 6.01 Å². The molecule has 1 aromatic heterocycles. The minimum Gasteiger partial charge on any atom is -0.403 e. The quantitative estimate of drug-likeness (QED) is 0.673. The zero-order valence-electron chi connectivity index (χ0n) is 11.1. The molecule has 1 amide bonds. The SMILES string of the molecule is O=C(Nc1nnc(-c2cccc(Br)c2)o1)c1cccc(Br)c1. The molecular weight excluding hydrogens is 414 g/mol. The number of anilines is 1. The highest BCUT2D eigenvalue weighted by Gasteiger charge is 2.13. The first-order valence-electron chi connectivity index (χ1n) is 6.28. The lowest BCUT2D eigenvalue weighted by Crippen LogP contribution is -2.11. The Hall–Kier alpha value is -1.99. The number of benzene rings is 2. The molecule has 0 saturated carbocycles. The number of nitrogens with one attached hydrogen (secondary N) is 1. The summed E-state index contributed by atoms with van der Waals surface area (Å²) >= 11 is 6.70. The number of nitrogens with zero attached hydrogens (tertiary/aromatic N) is 2. The number of carbonyl (C=O) groups excluding carboxylic acids is 1. The molecule has 7 heteroatoms. The van der Waals surface area contributed by atoms with Gasteiger partial charge in [0.05, 0.1) is 0 Å². The number of carbonyl (C=O) groups is 1. The molecule has 3 aromatic rings. The van der Waals surface area contributed by atoms with Crippen LogP contribution in [-0.2, 0) is 0 Å². The Morgan fingerprint density at radius 1 is 1.00 bits per heavy atom. The summed E-state index contributed by atoms with van der Waals surface area (Å²) in [5, 5.41) is 10.3. The number of hydrogen-bond acceptors (Lipinski definition) is 4. The molecule has 3 rings (SSSR count). The van der Waals surface area contributed by atoms with Crippen LogP contribution in [0.25, 0.3) is 11.5 Å². The van der Waals surface area contributed by atoms with E-state index in [2.05, 4.69) is 47.4 Å². The van der Waals surface area contributed by atoms with Gasteiger partial charge in [0, 0.05) is 20.1 Å². The van der Waals surface area contributed by atoms with Gasteiger partial charge in [0.2, 0.25) is 5.89 Å². The molecule has 0 aliphatic heterocycles. The average molecular weight is 423 g/mol. The summed E-state index contributed by atoms with van der Waals surface area (Å²) < 4.78 is 7.19. The van der Waals surface area contributed by atoms with Gasteiger partial charge in [-0.3, -0.25) is 10.1 Å². The maximum Gasteiger partial charge on any atom is 0.322 e. The highest BCUT2D eigenvalue weighted by atomic mass is 79.9. The molecule has 0 unspecified atom stereocenters. The lowest BCUT2D eigenvalue weighted by Gasteiger charge is -2.00. The first kappa shape index (κ1) is 14.9. The largest absolute Gasteiger partial charge is 0.403 e. The Bertz CT molecular complexity index is 833. The van der Waals surface area contributed by atoms with Crippen LogP contribution >= 0.6 is 31.9 Å². The van der Waals surface area contributed by atoms with Gasteiger partial charge in [0.1, 0.15) is 0 Å².